The molecular weight excluding hydrogens is 280 g/mol. The number of hydrogen-bond donors (Lipinski definition) is 0. The standard InChI is InChI=1S/C13H14N2O4S/c1-3-18-12(16)10-11(20-15-14-10)13(17-2)19-9-7-5-4-6-8-9/h4-8,13H,3H2,1-2H3. The number of hydrogen-bond acceptors (Lipinski definition) is 7. The van der Waals surface area contributed by atoms with E-state index in [0.717, 1.165) is 11.5 Å². The van der Waals surface area contributed by atoms with Crippen molar-refractivity contribution in [1.29, 1.82) is 0 Å². The molecule has 1 unspecified atom stereocenters. The quantitative estimate of drug-likeness (QED) is 0.602. The highest BCUT2D eigenvalue weighted by Crippen LogP contribution is 2.27. The Morgan fingerprint density at radius 2 is 2.10 bits per heavy atom. The fourth-order valence-corrected chi connectivity index (χ4v) is 2.18. The van der Waals surface area contributed by atoms with Gasteiger partial charge in [0.1, 0.15) is 10.6 Å². The summed E-state index contributed by atoms with van der Waals surface area (Å²) in [5, 5.41) is 3.78. The van der Waals surface area contributed by atoms with Crippen LogP contribution in [-0.2, 0) is 9.47 Å². The van der Waals surface area contributed by atoms with Gasteiger partial charge in [0.2, 0.25) is 6.29 Å². The third-order valence-corrected chi connectivity index (χ3v) is 3.14. The van der Waals surface area contributed by atoms with E-state index in [1.165, 1.54) is 7.11 Å². The van der Waals surface area contributed by atoms with Gasteiger partial charge in [0.05, 0.1) is 6.61 Å². The molecule has 106 valence electrons. The summed E-state index contributed by atoms with van der Waals surface area (Å²) < 4.78 is 19.6. The normalized spacial score (nSPS) is 11.9. The van der Waals surface area contributed by atoms with Crippen LogP contribution in [0.4, 0.5) is 0 Å². The number of ether oxygens (including phenoxy) is 3. The molecule has 20 heavy (non-hydrogen) atoms. The van der Waals surface area contributed by atoms with Crippen LogP contribution in [0.15, 0.2) is 30.3 Å². The Morgan fingerprint density at radius 3 is 2.75 bits per heavy atom. The average molecular weight is 294 g/mol. The zero-order chi connectivity index (χ0) is 14.4. The van der Waals surface area contributed by atoms with Crippen LogP contribution in [0.3, 0.4) is 0 Å². The summed E-state index contributed by atoms with van der Waals surface area (Å²) in [6, 6.07) is 9.17. The fourth-order valence-electron chi connectivity index (χ4n) is 1.52. The number of benzene rings is 1. The molecule has 2 aromatic rings. The Hall–Kier alpha value is -1.99. The van der Waals surface area contributed by atoms with Crippen molar-refractivity contribution in [2.45, 2.75) is 13.2 Å². The predicted octanol–water partition coefficient (Wildman–Crippen LogP) is 2.44. The molecule has 6 nitrogen and oxygen atoms in total. The minimum atomic E-state index is -0.753. The summed E-state index contributed by atoms with van der Waals surface area (Å²) >= 11 is 1.04. The third-order valence-electron chi connectivity index (χ3n) is 2.40. The summed E-state index contributed by atoms with van der Waals surface area (Å²) in [5.74, 6) is 0.0949. The van der Waals surface area contributed by atoms with Crippen molar-refractivity contribution >= 4 is 17.5 Å². The number of carbonyl (C=O) groups is 1. The molecule has 0 aliphatic rings. The van der Waals surface area contributed by atoms with Crippen LogP contribution in [0.1, 0.15) is 28.6 Å². The number of methoxy groups -OCH3 is 1. The van der Waals surface area contributed by atoms with Gasteiger partial charge in [-0.05, 0) is 30.6 Å². The minimum absolute atomic E-state index is 0.125. The van der Waals surface area contributed by atoms with E-state index in [0.29, 0.717) is 10.6 Å². The molecule has 7 heteroatoms. The first-order chi connectivity index (χ1) is 9.76. The first-order valence-corrected chi connectivity index (χ1v) is 6.77. The molecule has 2 rings (SSSR count). The van der Waals surface area contributed by atoms with Gasteiger partial charge >= 0.3 is 5.97 Å². The molecule has 0 amide bonds. The molecular formula is C13H14N2O4S. The SMILES string of the molecule is CCOC(=O)c1nnsc1C(OC)Oc1ccccc1. The van der Waals surface area contributed by atoms with Gasteiger partial charge in [-0.2, -0.15) is 0 Å². The zero-order valence-corrected chi connectivity index (χ0v) is 11.9. The third kappa shape index (κ3) is 3.31. The van der Waals surface area contributed by atoms with E-state index in [-0.39, 0.29) is 12.3 Å². The van der Waals surface area contributed by atoms with Gasteiger partial charge in [0.15, 0.2) is 5.69 Å². The lowest BCUT2D eigenvalue weighted by molar-refractivity contribution is -0.0544. The average Bonchev–Trinajstić information content (AvgIpc) is 2.95. The largest absolute Gasteiger partial charge is 0.461 e. The van der Waals surface area contributed by atoms with Crippen LogP contribution in [0.5, 0.6) is 5.75 Å². The van der Waals surface area contributed by atoms with E-state index < -0.39 is 12.3 Å². The monoisotopic (exact) mass is 294 g/mol. The summed E-state index contributed by atoms with van der Waals surface area (Å²) in [5.41, 5.74) is 0.125. The van der Waals surface area contributed by atoms with Crippen molar-refractivity contribution in [3.05, 3.63) is 40.9 Å². The topological polar surface area (TPSA) is 70.5 Å². The molecule has 1 atom stereocenters. The molecule has 0 N–H and O–H groups in total. The maximum Gasteiger partial charge on any atom is 0.360 e. The van der Waals surface area contributed by atoms with Crippen molar-refractivity contribution < 1.29 is 19.0 Å². The molecule has 1 aromatic heterocycles. The number of para-hydroxylation sites is 1. The molecule has 0 bridgehead atoms. The maximum absolute atomic E-state index is 11.8. The molecule has 1 heterocycles. The highest BCUT2D eigenvalue weighted by Gasteiger charge is 2.26. The number of nitrogens with zero attached hydrogens (tertiary/aromatic N) is 2. The van der Waals surface area contributed by atoms with Gasteiger partial charge in [-0.3, -0.25) is 0 Å². The number of esters is 1. The highest BCUT2D eigenvalue weighted by atomic mass is 32.1. The Bertz CT molecular complexity index is 559. The van der Waals surface area contributed by atoms with Crippen LogP contribution in [0.2, 0.25) is 0 Å². The van der Waals surface area contributed by atoms with Gasteiger partial charge in [-0.1, -0.05) is 22.7 Å². The molecule has 0 aliphatic carbocycles. The highest BCUT2D eigenvalue weighted by molar-refractivity contribution is 7.05. The number of carbonyl (C=O) groups excluding carboxylic acids is 1. The van der Waals surface area contributed by atoms with Gasteiger partial charge in [-0.25, -0.2) is 4.79 Å². The summed E-state index contributed by atoms with van der Waals surface area (Å²) in [6.45, 7) is 2.00. The van der Waals surface area contributed by atoms with E-state index in [1.54, 1.807) is 19.1 Å². The number of aromatic nitrogens is 2. The van der Waals surface area contributed by atoms with Crippen molar-refractivity contribution in [3.63, 3.8) is 0 Å². The molecule has 0 fully saturated rings. The van der Waals surface area contributed by atoms with Crippen LogP contribution < -0.4 is 4.74 Å². The smallest absolute Gasteiger partial charge is 0.360 e. The lowest BCUT2D eigenvalue weighted by Gasteiger charge is -2.16. The Kier molecular flexibility index (Phi) is 5.03. The Labute approximate surface area is 120 Å². The summed E-state index contributed by atoms with van der Waals surface area (Å²) in [4.78, 5) is 12.3. The van der Waals surface area contributed by atoms with Crippen molar-refractivity contribution in [3.8, 4) is 5.75 Å². The van der Waals surface area contributed by atoms with Crippen molar-refractivity contribution in [2.75, 3.05) is 13.7 Å². The maximum atomic E-state index is 11.8. The number of rotatable bonds is 6. The molecule has 0 saturated carbocycles. The molecule has 0 spiro atoms. The molecule has 0 radical (unpaired) electrons. The second-order valence-corrected chi connectivity index (χ2v) is 4.49. The molecule has 0 aliphatic heterocycles. The minimum Gasteiger partial charge on any atom is -0.461 e. The van der Waals surface area contributed by atoms with Crippen LogP contribution in [0, 0.1) is 0 Å². The van der Waals surface area contributed by atoms with E-state index in [4.69, 9.17) is 14.2 Å². The lowest BCUT2D eigenvalue weighted by atomic mass is 10.3. The second-order valence-electron chi connectivity index (χ2n) is 3.70. The first-order valence-electron chi connectivity index (χ1n) is 6.00. The van der Waals surface area contributed by atoms with Crippen molar-refractivity contribution in [1.82, 2.24) is 9.59 Å². The Balaban J connectivity index is 2.20. The van der Waals surface area contributed by atoms with Crippen LogP contribution >= 0.6 is 11.5 Å². The van der Waals surface area contributed by atoms with Gasteiger partial charge in [-0.15, -0.1) is 5.10 Å². The van der Waals surface area contributed by atoms with Gasteiger partial charge in [0.25, 0.3) is 0 Å². The van der Waals surface area contributed by atoms with E-state index in [2.05, 4.69) is 9.59 Å². The van der Waals surface area contributed by atoms with Crippen LogP contribution in [-0.4, -0.2) is 29.3 Å². The first kappa shape index (κ1) is 14.4. The zero-order valence-electron chi connectivity index (χ0n) is 11.1. The van der Waals surface area contributed by atoms with E-state index >= 15 is 0 Å². The fraction of sp³-hybridized carbons (Fsp3) is 0.308. The summed E-state index contributed by atoms with van der Waals surface area (Å²) in [6.07, 6.45) is -0.753. The second kappa shape index (κ2) is 6.97. The van der Waals surface area contributed by atoms with Gasteiger partial charge < -0.3 is 14.2 Å². The lowest BCUT2D eigenvalue weighted by Crippen LogP contribution is -2.14. The van der Waals surface area contributed by atoms with E-state index in [9.17, 15) is 4.79 Å². The molecule has 1 aromatic carbocycles. The van der Waals surface area contributed by atoms with Crippen LogP contribution in [0.25, 0.3) is 0 Å². The summed E-state index contributed by atoms with van der Waals surface area (Å²) in [7, 11) is 1.49. The van der Waals surface area contributed by atoms with Gasteiger partial charge in [0, 0.05) is 7.11 Å². The van der Waals surface area contributed by atoms with Crippen molar-refractivity contribution in [2.24, 2.45) is 0 Å². The predicted molar refractivity (Wildman–Crippen MR) is 72.7 cm³/mol. The van der Waals surface area contributed by atoms with E-state index in [1.807, 2.05) is 18.2 Å². The molecule has 0 saturated heterocycles. The Morgan fingerprint density at radius 1 is 1.35 bits per heavy atom.